The molecule has 1 N–H and O–H groups in total. The summed E-state index contributed by atoms with van der Waals surface area (Å²) in [6.45, 7) is 7.28. The van der Waals surface area contributed by atoms with Crippen LogP contribution in [0.2, 0.25) is 5.02 Å². The van der Waals surface area contributed by atoms with Crippen molar-refractivity contribution in [3.8, 4) is 11.5 Å². The molecule has 2 aromatic carbocycles. The maximum absolute atomic E-state index is 6.29. The van der Waals surface area contributed by atoms with Gasteiger partial charge in [0, 0.05) is 12.1 Å². The quantitative estimate of drug-likeness (QED) is 0.843. The lowest BCUT2D eigenvalue weighted by Gasteiger charge is -2.20. The first kappa shape index (κ1) is 15.9. The van der Waals surface area contributed by atoms with E-state index in [1.165, 1.54) is 5.56 Å². The standard InChI is InChI=1S/C18H22ClNO/c1-18(2,3)14-8-6-9-15(11-14)21-17-13(12-20-4)7-5-10-16(17)19/h5-11,20H,12H2,1-4H3. The number of benzene rings is 2. The van der Waals surface area contributed by atoms with Crippen LogP contribution < -0.4 is 10.1 Å². The Balaban J connectivity index is 2.34. The maximum atomic E-state index is 6.29. The molecule has 0 atom stereocenters. The highest BCUT2D eigenvalue weighted by molar-refractivity contribution is 6.32. The molecule has 0 aliphatic rings. The smallest absolute Gasteiger partial charge is 0.150 e. The van der Waals surface area contributed by atoms with Gasteiger partial charge in [-0.3, -0.25) is 0 Å². The molecular formula is C18H22ClNO. The fraction of sp³-hybridized carbons (Fsp3) is 0.333. The van der Waals surface area contributed by atoms with E-state index in [0.717, 1.165) is 23.6 Å². The molecule has 0 aliphatic carbocycles. The summed E-state index contributed by atoms with van der Waals surface area (Å²) in [5.74, 6) is 1.53. The van der Waals surface area contributed by atoms with Gasteiger partial charge in [0.25, 0.3) is 0 Å². The second-order valence-electron chi connectivity index (χ2n) is 6.14. The third kappa shape index (κ3) is 3.99. The monoisotopic (exact) mass is 303 g/mol. The SMILES string of the molecule is CNCc1cccc(Cl)c1Oc1cccc(C(C)(C)C)c1. The van der Waals surface area contributed by atoms with Crippen molar-refractivity contribution >= 4 is 11.6 Å². The Bertz CT molecular complexity index is 617. The van der Waals surface area contributed by atoms with Crippen molar-refractivity contribution in [1.82, 2.24) is 5.32 Å². The van der Waals surface area contributed by atoms with E-state index in [0.29, 0.717) is 5.02 Å². The number of halogens is 1. The van der Waals surface area contributed by atoms with E-state index in [1.807, 2.05) is 37.4 Å². The fourth-order valence-electron chi connectivity index (χ4n) is 2.14. The number of nitrogens with one attached hydrogen (secondary N) is 1. The second-order valence-corrected chi connectivity index (χ2v) is 6.55. The van der Waals surface area contributed by atoms with Crippen LogP contribution in [0.1, 0.15) is 31.9 Å². The van der Waals surface area contributed by atoms with Crippen molar-refractivity contribution in [2.24, 2.45) is 0 Å². The summed E-state index contributed by atoms with van der Waals surface area (Å²) in [6, 6.07) is 14.0. The molecular weight excluding hydrogens is 282 g/mol. The molecule has 0 saturated heterocycles. The fourth-order valence-corrected chi connectivity index (χ4v) is 2.37. The minimum absolute atomic E-state index is 0.0909. The zero-order chi connectivity index (χ0) is 15.5. The van der Waals surface area contributed by atoms with Gasteiger partial charge >= 0.3 is 0 Å². The van der Waals surface area contributed by atoms with E-state index >= 15 is 0 Å². The Morgan fingerprint density at radius 3 is 2.48 bits per heavy atom. The largest absolute Gasteiger partial charge is 0.455 e. The highest BCUT2D eigenvalue weighted by Gasteiger charge is 2.15. The van der Waals surface area contributed by atoms with E-state index in [2.05, 4.69) is 38.2 Å². The molecule has 2 nitrogen and oxygen atoms in total. The Kier molecular flexibility index (Phi) is 4.92. The Labute approximate surface area is 132 Å². The van der Waals surface area contributed by atoms with Gasteiger partial charge in [-0.25, -0.2) is 0 Å². The molecule has 2 rings (SSSR count). The Morgan fingerprint density at radius 2 is 1.81 bits per heavy atom. The predicted molar refractivity (Wildman–Crippen MR) is 89.4 cm³/mol. The first-order valence-corrected chi connectivity index (χ1v) is 7.50. The van der Waals surface area contributed by atoms with Gasteiger partial charge in [-0.1, -0.05) is 56.6 Å². The number of ether oxygens (including phenoxy) is 1. The van der Waals surface area contributed by atoms with Crippen LogP contribution in [0.4, 0.5) is 0 Å². The van der Waals surface area contributed by atoms with E-state index in [9.17, 15) is 0 Å². The lowest BCUT2D eigenvalue weighted by Crippen LogP contribution is -2.11. The highest BCUT2D eigenvalue weighted by atomic mass is 35.5. The summed E-state index contributed by atoms with van der Waals surface area (Å²) in [5, 5.41) is 3.76. The molecule has 0 saturated carbocycles. The molecule has 112 valence electrons. The summed E-state index contributed by atoms with van der Waals surface area (Å²) in [5.41, 5.74) is 2.38. The molecule has 0 bridgehead atoms. The molecule has 0 amide bonds. The van der Waals surface area contributed by atoms with Gasteiger partial charge < -0.3 is 10.1 Å². The molecule has 0 aliphatic heterocycles. The molecule has 0 radical (unpaired) electrons. The lowest BCUT2D eigenvalue weighted by atomic mass is 9.87. The molecule has 0 spiro atoms. The maximum Gasteiger partial charge on any atom is 0.150 e. The molecule has 2 aromatic rings. The zero-order valence-corrected chi connectivity index (χ0v) is 13.8. The molecule has 0 heterocycles. The summed E-state index contributed by atoms with van der Waals surface area (Å²) in [7, 11) is 1.91. The Hall–Kier alpha value is -1.51. The van der Waals surface area contributed by atoms with Crippen LogP contribution in [0.25, 0.3) is 0 Å². The zero-order valence-electron chi connectivity index (χ0n) is 13.0. The van der Waals surface area contributed by atoms with Crippen LogP contribution >= 0.6 is 11.6 Å². The Morgan fingerprint density at radius 1 is 1.10 bits per heavy atom. The van der Waals surface area contributed by atoms with Gasteiger partial charge in [-0.2, -0.15) is 0 Å². The van der Waals surface area contributed by atoms with Crippen LogP contribution in [-0.2, 0) is 12.0 Å². The van der Waals surface area contributed by atoms with Gasteiger partial charge in [-0.05, 0) is 36.2 Å². The van der Waals surface area contributed by atoms with Gasteiger partial charge in [-0.15, -0.1) is 0 Å². The van der Waals surface area contributed by atoms with Crippen molar-refractivity contribution < 1.29 is 4.74 Å². The van der Waals surface area contributed by atoms with Crippen LogP contribution in [0.5, 0.6) is 11.5 Å². The summed E-state index contributed by atoms with van der Waals surface area (Å²) in [6.07, 6.45) is 0. The second kappa shape index (κ2) is 6.50. The minimum Gasteiger partial charge on any atom is -0.455 e. The van der Waals surface area contributed by atoms with E-state index in [1.54, 1.807) is 0 Å². The average molecular weight is 304 g/mol. The molecule has 0 unspecified atom stereocenters. The minimum atomic E-state index is 0.0909. The summed E-state index contributed by atoms with van der Waals surface area (Å²) < 4.78 is 6.06. The van der Waals surface area contributed by atoms with Crippen LogP contribution in [-0.4, -0.2) is 7.05 Å². The summed E-state index contributed by atoms with van der Waals surface area (Å²) in [4.78, 5) is 0. The topological polar surface area (TPSA) is 21.3 Å². The molecule has 0 aromatic heterocycles. The number of hydrogen-bond acceptors (Lipinski definition) is 2. The van der Waals surface area contributed by atoms with Gasteiger partial charge in [0.2, 0.25) is 0 Å². The third-order valence-corrected chi connectivity index (χ3v) is 3.63. The van der Waals surface area contributed by atoms with Gasteiger partial charge in [0.1, 0.15) is 11.5 Å². The first-order valence-electron chi connectivity index (χ1n) is 7.12. The van der Waals surface area contributed by atoms with Crippen molar-refractivity contribution in [2.45, 2.75) is 32.7 Å². The number of rotatable bonds is 4. The normalized spacial score (nSPS) is 11.5. The van der Waals surface area contributed by atoms with Crippen molar-refractivity contribution in [2.75, 3.05) is 7.05 Å². The van der Waals surface area contributed by atoms with Crippen LogP contribution in [0.3, 0.4) is 0 Å². The van der Waals surface area contributed by atoms with Crippen molar-refractivity contribution in [1.29, 1.82) is 0 Å². The average Bonchev–Trinajstić information content (AvgIpc) is 2.42. The van der Waals surface area contributed by atoms with Crippen molar-refractivity contribution in [3.63, 3.8) is 0 Å². The van der Waals surface area contributed by atoms with Gasteiger partial charge in [0.15, 0.2) is 0 Å². The van der Waals surface area contributed by atoms with Gasteiger partial charge in [0.05, 0.1) is 5.02 Å². The first-order chi connectivity index (χ1) is 9.91. The summed E-state index contributed by atoms with van der Waals surface area (Å²) >= 11 is 6.29. The number of para-hydroxylation sites is 1. The van der Waals surface area contributed by atoms with Crippen LogP contribution in [0, 0.1) is 0 Å². The van der Waals surface area contributed by atoms with E-state index in [-0.39, 0.29) is 5.41 Å². The van der Waals surface area contributed by atoms with Crippen LogP contribution in [0.15, 0.2) is 42.5 Å². The molecule has 21 heavy (non-hydrogen) atoms. The molecule has 0 fully saturated rings. The number of hydrogen-bond donors (Lipinski definition) is 1. The highest BCUT2D eigenvalue weighted by Crippen LogP contribution is 2.34. The third-order valence-electron chi connectivity index (χ3n) is 3.34. The van der Waals surface area contributed by atoms with E-state index < -0.39 is 0 Å². The lowest BCUT2D eigenvalue weighted by molar-refractivity contribution is 0.471. The van der Waals surface area contributed by atoms with E-state index in [4.69, 9.17) is 16.3 Å². The predicted octanol–water partition coefficient (Wildman–Crippen LogP) is 5.15. The van der Waals surface area contributed by atoms with Crippen molar-refractivity contribution in [3.05, 3.63) is 58.6 Å². The molecule has 3 heteroatoms.